The van der Waals surface area contributed by atoms with E-state index in [9.17, 15) is 9.90 Å². The van der Waals surface area contributed by atoms with Crippen molar-refractivity contribution >= 4 is 55.4 Å². The lowest BCUT2D eigenvalue weighted by atomic mass is 10.2. The molecule has 0 aliphatic rings. The summed E-state index contributed by atoms with van der Waals surface area (Å²) < 4.78 is 5.61. The first-order valence-electron chi connectivity index (χ1n) is 5.60. The van der Waals surface area contributed by atoms with Crippen molar-refractivity contribution in [2.45, 2.75) is 0 Å². The smallest absolute Gasteiger partial charge is 0.337 e. The molecule has 0 amide bonds. The lowest BCUT2D eigenvalue weighted by molar-refractivity contribution is 0.0698. The third kappa shape index (κ3) is 1.92. The normalized spacial score (nSPS) is 11.2. The molecule has 7 heteroatoms. The van der Waals surface area contributed by atoms with Gasteiger partial charge in [0.05, 0.1) is 34.2 Å². The summed E-state index contributed by atoms with van der Waals surface area (Å²) in [6.07, 6.45) is 0. The van der Waals surface area contributed by atoms with Gasteiger partial charge in [-0.15, -0.1) is 0 Å². The highest BCUT2D eigenvalue weighted by molar-refractivity contribution is 9.10. The van der Waals surface area contributed by atoms with Crippen molar-refractivity contribution in [3.8, 4) is 5.75 Å². The van der Waals surface area contributed by atoms with Crippen molar-refractivity contribution in [1.29, 1.82) is 0 Å². The van der Waals surface area contributed by atoms with E-state index in [1.165, 1.54) is 13.2 Å². The van der Waals surface area contributed by atoms with E-state index in [0.717, 1.165) is 5.39 Å². The zero-order valence-corrected chi connectivity index (χ0v) is 12.5. The standard InChI is InChI=1S/C13H8BrClN2O3/c1-20-9-4-8-5(2-7(9)15)11-12(16-8)6(13(18)19)3-10(14)17-11/h2-4,16H,1H3,(H,18,19). The van der Waals surface area contributed by atoms with E-state index in [0.29, 0.717) is 31.9 Å². The molecule has 0 atom stereocenters. The first kappa shape index (κ1) is 13.2. The minimum absolute atomic E-state index is 0.146. The third-order valence-electron chi connectivity index (χ3n) is 3.03. The SMILES string of the molecule is COc1cc2[nH]c3c(C(=O)O)cc(Br)nc3c2cc1Cl. The molecule has 0 aliphatic carbocycles. The molecule has 5 nitrogen and oxygen atoms in total. The van der Waals surface area contributed by atoms with Gasteiger partial charge in [0, 0.05) is 11.5 Å². The van der Waals surface area contributed by atoms with Crippen molar-refractivity contribution in [3.63, 3.8) is 0 Å². The van der Waals surface area contributed by atoms with Crippen LogP contribution in [0.5, 0.6) is 5.75 Å². The summed E-state index contributed by atoms with van der Waals surface area (Å²) in [5.74, 6) is -0.510. The number of carboxylic acids is 1. The number of ether oxygens (including phenoxy) is 1. The van der Waals surface area contributed by atoms with Crippen LogP contribution in [-0.2, 0) is 0 Å². The zero-order valence-electron chi connectivity index (χ0n) is 10.2. The summed E-state index contributed by atoms with van der Waals surface area (Å²) in [7, 11) is 1.52. The molecule has 0 saturated carbocycles. The topological polar surface area (TPSA) is 75.2 Å². The van der Waals surface area contributed by atoms with Crippen LogP contribution in [-0.4, -0.2) is 28.2 Å². The molecule has 1 aromatic carbocycles. The van der Waals surface area contributed by atoms with E-state index in [-0.39, 0.29) is 5.56 Å². The van der Waals surface area contributed by atoms with E-state index >= 15 is 0 Å². The van der Waals surface area contributed by atoms with E-state index in [1.54, 1.807) is 12.1 Å². The number of carbonyl (C=O) groups is 1. The highest BCUT2D eigenvalue weighted by Gasteiger charge is 2.17. The van der Waals surface area contributed by atoms with Crippen LogP contribution in [0.3, 0.4) is 0 Å². The number of aromatic amines is 1. The second-order valence-corrected chi connectivity index (χ2v) is 5.40. The van der Waals surface area contributed by atoms with E-state index in [1.807, 2.05) is 0 Å². The van der Waals surface area contributed by atoms with Gasteiger partial charge in [-0.2, -0.15) is 0 Å². The van der Waals surface area contributed by atoms with Crippen LogP contribution in [0.15, 0.2) is 22.8 Å². The number of nitrogens with one attached hydrogen (secondary N) is 1. The van der Waals surface area contributed by atoms with Crippen LogP contribution in [0.2, 0.25) is 5.02 Å². The summed E-state index contributed by atoms with van der Waals surface area (Å²) in [5, 5.41) is 10.5. The van der Waals surface area contributed by atoms with Crippen molar-refractivity contribution in [2.24, 2.45) is 0 Å². The second kappa shape index (κ2) is 4.64. The predicted molar refractivity (Wildman–Crippen MR) is 79.8 cm³/mol. The number of methoxy groups -OCH3 is 1. The van der Waals surface area contributed by atoms with Crippen molar-refractivity contribution in [1.82, 2.24) is 9.97 Å². The minimum Gasteiger partial charge on any atom is -0.495 e. The Labute approximate surface area is 126 Å². The lowest BCUT2D eigenvalue weighted by Gasteiger charge is -2.02. The van der Waals surface area contributed by atoms with E-state index < -0.39 is 5.97 Å². The Bertz CT molecular complexity index is 860. The summed E-state index contributed by atoms with van der Waals surface area (Å²) >= 11 is 9.33. The van der Waals surface area contributed by atoms with Gasteiger partial charge < -0.3 is 14.8 Å². The van der Waals surface area contributed by atoms with Gasteiger partial charge in [-0.1, -0.05) is 11.6 Å². The molecular formula is C13H8BrClN2O3. The number of nitrogens with zero attached hydrogens (tertiary/aromatic N) is 1. The van der Waals surface area contributed by atoms with Crippen LogP contribution in [0.25, 0.3) is 21.9 Å². The zero-order chi connectivity index (χ0) is 14.4. The number of rotatable bonds is 2. The fraction of sp³-hybridized carbons (Fsp3) is 0.0769. The van der Waals surface area contributed by atoms with Crippen LogP contribution >= 0.6 is 27.5 Å². The monoisotopic (exact) mass is 354 g/mol. The maximum atomic E-state index is 11.3. The van der Waals surface area contributed by atoms with Gasteiger partial charge in [0.2, 0.25) is 0 Å². The highest BCUT2D eigenvalue weighted by Crippen LogP contribution is 2.34. The molecule has 2 aromatic heterocycles. The van der Waals surface area contributed by atoms with Gasteiger partial charge in [-0.25, -0.2) is 9.78 Å². The Morgan fingerprint density at radius 3 is 2.85 bits per heavy atom. The molecule has 3 rings (SSSR count). The van der Waals surface area contributed by atoms with Gasteiger partial charge in [0.15, 0.2) is 0 Å². The second-order valence-electron chi connectivity index (χ2n) is 4.18. The number of carboxylic acid groups (broad SMARTS) is 1. The van der Waals surface area contributed by atoms with Crippen molar-refractivity contribution in [3.05, 3.63) is 33.4 Å². The average molecular weight is 356 g/mol. The Hall–Kier alpha value is -1.79. The van der Waals surface area contributed by atoms with Gasteiger partial charge in [-0.3, -0.25) is 0 Å². The molecule has 0 unspecified atom stereocenters. The molecule has 0 spiro atoms. The Balaban J connectivity index is 2.48. The van der Waals surface area contributed by atoms with Gasteiger partial charge in [0.25, 0.3) is 0 Å². The minimum atomic E-state index is -1.03. The molecule has 20 heavy (non-hydrogen) atoms. The van der Waals surface area contributed by atoms with Gasteiger partial charge in [0.1, 0.15) is 10.4 Å². The van der Waals surface area contributed by atoms with Gasteiger partial charge >= 0.3 is 5.97 Å². The molecule has 2 N–H and O–H groups in total. The van der Waals surface area contributed by atoms with Crippen molar-refractivity contribution < 1.29 is 14.6 Å². The third-order valence-corrected chi connectivity index (χ3v) is 3.73. The number of H-pyrrole nitrogens is 1. The number of benzene rings is 1. The summed E-state index contributed by atoms with van der Waals surface area (Å²) in [6.45, 7) is 0. The first-order chi connectivity index (χ1) is 9.51. The van der Waals surface area contributed by atoms with E-state index in [2.05, 4.69) is 25.9 Å². The molecular weight excluding hydrogens is 348 g/mol. The first-order valence-corrected chi connectivity index (χ1v) is 6.77. The average Bonchev–Trinajstić information content (AvgIpc) is 2.74. The predicted octanol–water partition coefficient (Wildman–Crippen LogP) is 3.84. The van der Waals surface area contributed by atoms with Crippen LogP contribution in [0.4, 0.5) is 0 Å². The number of pyridine rings is 1. The molecule has 0 aliphatic heterocycles. The molecule has 102 valence electrons. The summed E-state index contributed by atoms with van der Waals surface area (Å²) in [5.41, 5.74) is 1.87. The Morgan fingerprint density at radius 2 is 2.20 bits per heavy atom. The summed E-state index contributed by atoms with van der Waals surface area (Å²) in [4.78, 5) is 18.7. The van der Waals surface area contributed by atoms with E-state index in [4.69, 9.17) is 16.3 Å². The number of fused-ring (bicyclic) bond motifs is 3. The number of hydrogen-bond donors (Lipinski definition) is 2. The van der Waals surface area contributed by atoms with Crippen LogP contribution in [0.1, 0.15) is 10.4 Å². The largest absolute Gasteiger partial charge is 0.495 e. The maximum absolute atomic E-state index is 11.3. The number of halogens is 2. The maximum Gasteiger partial charge on any atom is 0.337 e. The quantitative estimate of drug-likeness (QED) is 0.685. The molecule has 0 fully saturated rings. The fourth-order valence-electron chi connectivity index (χ4n) is 2.15. The molecule has 0 saturated heterocycles. The highest BCUT2D eigenvalue weighted by atomic mass is 79.9. The van der Waals surface area contributed by atoms with Crippen LogP contribution < -0.4 is 4.74 Å². The molecule has 0 bridgehead atoms. The molecule has 0 radical (unpaired) electrons. The number of hydrogen-bond acceptors (Lipinski definition) is 3. The number of aromatic nitrogens is 2. The Kier molecular flexibility index (Phi) is 3.07. The van der Waals surface area contributed by atoms with Crippen LogP contribution in [0, 0.1) is 0 Å². The Morgan fingerprint density at radius 1 is 1.45 bits per heavy atom. The fourth-order valence-corrected chi connectivity index (χ4v) is 2.79. The lowest BCUT2D eigenvalue weighted by Crippen LogP contribution is -1.98. The van der Waals surface area contributed by atoms with Gasteiger partial charge in [-0.05, 0) is 28.1 Å². The molecule has 2 heterocycles. The number of aromatic carboxylic acids is 1. The van der Waals surface area contributed by atoms with Crippen molar-refractivity contribution in [2.75, 3.05) is 7.11 Å². The molecule has 3 aromatic rings. The summed E-state index contributed by atoms with van der Waals surface area (Å²) in [6, 6.07) is 4.89.